The number of anilines is 1. The second-order valence-corrected chi connectivity index (χ2v) is 4.67. The highest BCUT2D eigenvalue weighted by Gasteiger charge is 2.34. The number of aliphatic hydroxyl groups is 1. The Bertz CT molecular complexity index is 496. The van der Waals surface area contributed by atoms with Crippen LogP contribution in [0.4, 0.5) is 5.95 Å². The lowest BCUT2D eigenvalue weighted by molar-refractivity contribution is -0.146. The smallest absolute Gasteiger partial charge is 0.330 e. The van der Waals surface area contributed by atoms with Crippen molar-refractivity contribution >= 4 is 17.8 Å². The molecule has 2 N–H and O–H groups in total. The van der Waals surface area contributed by atoms with Crippen LogP contribution in [0, 0.1) is 0 Å². The summed E-state index contributed by atoms with van der Waals surface area (Å²) in [6, 6.07) is 0.195. The molecule has 1 saturated heterocycles. The molecule has 1 aromatic heterocycles. The molecule has 1 fully saturated rings. The van der Waals surface area contributed by atoms with Gasteiger partial charge >= 0.3 is 5.97 Å². The van der Waals surface area contributed by atoms with Crippen LogP contribution < -0.4 is 10.2 Å². The molecule has 2 unspecified atom stereocenters. The van der Waals surface area contributed by atoms with Gasteiger partial charge in [-0.25, -0.2) is 14.8 Å². The van der Waals surface area contributed by atoms with Crippen molar-refractivity contribution in [2.75, 3.05) is 25.2 Å². The Balaban J connectivity index is 2.06. The molecule has 2 rings (SSSR count). The molecule has 0 bridgehead atoms. The third-order valence-electron chi connectivity index (χ3n) is 3.35. The highest BCUT2D eigenvalue weighted by Crippen LogP contribution is 2.21. The van der Waals surface area contributed by atoms with E-state index in [1.807, 2.05) is 0 Å². The predicted molar refractivity (Wildman–Crippen MR) is 73.4 cm³/mol. The molecule has 21 heavy (non-hydrogen) atoms. The summed E-state index contributed by atoms with van der Waals surface area (Å²) < 4.78 is 4.53. The largest absolute Gasteiger partial charge is 0.467 e. The molecule has 0 spiro atoms. The fourth-order valence-electron chi connectivity index (χ4n) is 2.31. The van der Waals surface area contributed by atoms with E-state index in [-0.39, 0.29) is 5.91 Å². The van der Waals surface area contributed by atoms with Crippen LogP contribution in [0.25, 0.3) is 0 Å². The molecule has 2 heterocycles. The Kier molecular flexibility index (Phi) is 5.04. The Hall–Kier alpha value is -2.22. The van der Waals surface area contributed by atoms with Crippen LogP contribution in [0.1, 0.15) is 12.8 Å². The van der Waals surface area contributed by atoms with Crippen molar-refractivity contribution in [3.63, 3.8) is 0 Å². The number of esters is 1. The molecule has 2 atom stereocenters. The van der Waals surface area contributed by atoms with Gasteiger partial charge in [-0.2, -0.15) is 0 Å². The van der Waals surface area contributed by atoms with Crippen molar-refractivity contribution in [3.05, 3.63) is 18.5 Å². The molecular weight excluding hydrogens is 276 g/mol. The van der Waals surface area contributed by atoms with Crippen LogP contribution in [0.15, 0.2) is 18.5 Å². The third kappa shape index (κ3) is 3.46. The molecule has 1 aliphatic heterocycles. The number of aliphatic hydroxyl groups excluding tert-OH is 1. The van der Waals surface area contributed by atoms with Gasteiger partial charge in [0.1, 0.15) is 6.04 Å². The van der Waals surface area contributed by atoms with E-state index in [1.165, 1.54) is 7.11 Å². The van der Waals surface area contributed by atoms with Gasteiger partial charge in [0, 0.05) is 18.9 Å². The summed E-state index contributed by atoms with van der Waals surface area (Å²) in [4.78, 5) is 33.8. The van der Waals surface area contributed by atoms with E-state index < -0.39 is 24.7 Å². The van der Waals surface area contributed by atoms with Gasteiger partial charge in [0.15, 0.2) is 6.04 Å². The number of carbonyl (C=O) groups excluding carboxylic acids is 2. The van der Waals surface area contributed by atoms with E-state index in [0.717, 1.165) is 6.42 Å². The average molecular weight is 294 g/mol. The molecule has 114 valence electrons. The summed E-state index contributed by atoms with van der Waals surface area (Å²) in [7, 11) is 1.21. The fraction of sp³-hybridized carbons (Fsp3) is 0.538. The Morgan fingerprint density at radius 3 is 2.86 bits per heavy atom. The highest BCUT2D eigenvalue weighted by molar-refractivity contribution is 5.89. The minimum atomic E-state index is -1.05. The molecule has 0 saturated carbocycles. The molecule has 1 aromatic rings. The average Bonchev–Trinajstić information content (AvgIpc) is 3.02. The number of hydrogen-bond acceptors (Lipinski definition) is 7. The third-order valence-corrected chi connectivity index (χ3v) is 3.35. The van der Waals surface area contributed by atoms with Crippen molar-refractivity contribution in [1.82, 2.24) is 15.3 Å². The minimum absolute atomic E-state index is 0.343. The van der Waals surface area contributed by atoms with Crippen molar-refractivity contribution in [1.29, 1.82) is 0 Å². The Morgan fingerprint density at radius 2 is 2.24 bits per heavy atom. The van der Waals surface area contributed by atoms with E-state index in [9.17, 15) is 9.59 Å². The summed E-state index contributed by atoms with van der Waals surface area (Å²) in [5.41, 5.74) is 0. The summed E-state index contributed by atoms with van der Waals surface area (Å²) in [6.07, 6.45) is 4.70. The van der Waals surface area contributed by atoms with Gasteiger partial charge in [-0.1, -0.05) is 0 Å². The van der Waals surface area contributed by atoms with E-state index in [0.29, 0.717) is 18.9 Å². The zero-order chi connectivity index (χ0) is 15.2. The van der Waals surface area contributed by atoms with Crippen LogP contribution in [0.2, 0.25) is 0 Å². The number of methoxy groups -OCH3 is 1. The van der Waals surface area contributed by atoms with Gasteiger partial charge in [-0.05, 0) is 18.9 Å². The quantitative estimate of drug-likeness (QED) is 0.678. The number of ether oxygens (including phenoxy) is 1. The molecule has 8 heteroatoms. The first-order valence-electron chi connectivity index (χ1n) is 6.70. The van der Waals surface area contributed by atoms with Gasteiger partial charge in [0.25, 0.3) is 0 Å². The van der Waals surface area contributed by atoms with Crippen LogP contribution in [0.5, 0.6) is 0 Å². The number of nitrogens with one attached hydrogen (secondary N) is 1. The maximum Gasteiger partial charge on any atom is 0.330 e. The van der Waals surface area contributed by atoms with Crippen LogP contribution in [-0.2, 0) is 14.3 Å². The Morgan fingerprint density at radius 1 is 1.52 bits per heavy atom. The van der Waals surface area contributed by atoms with Crippen LogP contribution in [0.3, 0.4) is 0 Å². The van der Waals surface area contributed by atoms with E-state index >= 15 is 0 Å². The lowest BCUT2D eigenvalue weighted by Crippen LogP contribution is -2.51. The van der Waals surface area contributed by atoms with Crippen molar-refractivity contribution in [2.45, 2.75) is 24.9 Å². The first-order chi connectivity index (χ1) is 10.2. The molecule has 1 aliphatic rings. The van der Waals surface area contributed by atoms with E-state index in [1.54, 1.807) is 23.4 Å². The number of carbonyl (C=O) groups is 2. The highest BCUT2D eigenvalue weighted by atomic mass is 16.5. The van der Waals surface area contributed by atoms with Gasteiger partial charge in [-0.3, -0.25) is 4.79 Å². The SMILES string of the molecule is COC(=O)C(CO)NC(=O)C1CCCN1c1ncccn1. The van der Waals surface area contributed by atoms with Gasteiger partial charge < -0.3 is 20.1 Å². The number of aromatic nitrogens is 2. The predicted octanol–water partition coefficient (Wildman–Crippen LogP) is -0.904. The molecule has 0 radical (unpaired) electrons. The molecule has 0 aliphatic carbocycles. The van der Waals surface area contributed by atoms with Crippen molar-refractivity contribution in [3.8, 4) is 0 Å². The maximum atomic E-state index is 12.3. The first-order valence-corrected chi connectivity index (χ1v) is 6.70. The topological polar surface area (TPSA) is 105 Å². The van der Waals surface area contributed by atoms with Gasteiger partial charge in [-0.15, -0.1) is 0 Å². The number of hydrogen-bond donors (Lipinski definition) is 2. The normalized spacial score (nSPS) is 19.1. The van der Waals surface area contributed by atoms with Gasteiger partial charge in [0.2, 0.25) is 11.9 Å². The summed E-state index contributed by atoms with van der Waals surface area (Å²) in [6.45, 7) is 0.164. The second kappa shape index (κ2) is 6.98. The van der Waals surface area contributed by atoms with Gasteiger partial charge in [0.05, 0.1) is 13.7 Å². The Labute approximate surface area is 122 Å². The summed E-state index contributed by atoms with van der Waals surface area (Å²) in [5, 5.41) is 11.6. The monoisotopic (exact) mass is 294 g/mol. The van der Waals surface area contributed by atoms with E-state index in [2.05, 4.69) is 20.0 Å². The van der Waals surface area contributed by atoms with Crippen molar-refractivity contribution in [2.24, 2.45) is 0 Å². The lowest BCUT2D eigenvalue weighted by atomic mass is 10.2. The fourth-order valence-corrected chi connectivity index (χ4v) is 2.31. The molecule has 1 amide bonds. The molecule has 8 nitrogen and oxygen atoms in total. The van der Waals surface area contributed by atoms with E-state index in [4.69, 9.17) is 5.11 Å². The first kappa shape index (κ1) is 15.2. The standard InChI is InChI=1S/C13H18N4O4/c1-21-12(20)9(8-18)16-11(19)10-4-2-7-17(10)13-14-5-3-6-15-13/h3,5-6,9-10,18H,2,4,7-8H2,1H3,(H,16,19). The molecular formula is C13H18N4O4. The van der Waals surface area contributed by atoms with Crippen molar-refractivity contribution < 1.29 is 19.4 Å². The molecule has 0 aromatic carbocycles. The van der Waals surface area contributed by atoms with Crippen LogP contribution >= 0.6 is 0 Å². The summed E-state index contributed by atoms with van der Waals surface area (Å²) >= 11 is 0. The summed E-state index contributed by atoms with van der Waals surface area (Å²) in [5.74, 6) is -0.537. The zero-order valence-electron chi connectivity index (χ0n) is 11.7. The van der Waals surface area contributed by atoms with Crippen LogP contribution in [-0.4, -0.2) is 59.3 Å². The minimum Gasteiger partial charge on any atom is -0.467 e. The number of nitrogens with zero attached hydrogens (tertiary/aromatic N) is 3. The lowest BCUT2D eigenvalue weighted by Gasteiger charge is -2.25. The zero-order valence-corrected chi connectivity index (χ0v) is 11.7. The number of rotatable bonds is 5. The second-order valence-electron chi connectivity index (χ2n) is 4.67. The number of amides is 1. The maximum absolute atomic E-state index is 12.3.